The van der Waals surface area contributed by atoms with Crippen LogP contribution in [-0.2, 0) is 6.54 Å². The molecular formula is C22H24N4. The summed E-state index contributed by atoms with van der Waals surface area (Å²) in [7, 11) is 0. The SMILES string of the molecule is Nc1ncc(-c2ccccc2)c(C2CCCCN2Cc2ccccc2)n1. The smallest absolute Gasteiger partial charge is 0.220 e. The van der Waals surface area contributed by atoms with Crippen molar-refractivity contribution < 1.29 is 0 Å². The van der Waals surface area contributed by atoms with E-state index in [0.29, 0.717) is 5.95 Å². The Bertz CT molecular complexity index is 849. The van der Waals surface area contributed by atoms with E-state index in [1.54, 1.807) is 0 Å². The van der Waals surface area contributed by atoms with Crippen LogP contribution in [-0.4, -0.2) is 21.4 Å². The standard InChI is InChI=1S/C22H24N4/c23-22-24-15-19(18-11-5-2-6-12-18)21(25-22)20-13-7-8-14-26(20)16-17-9-3-1-4-10-17/h1-6,9-12,15,20H,7-8,13-14,16H2,(H2,23,24,25). The third kappa shape index (κ3) is 3.60. The highest BCUT2D eigenvalue weighted by atomic mass is 15.2. The second kappa shape index (κ2) is 7.67. The summed E-state index contributed by atoms with van der Waals surface area (Å²) in [5, 5.41) is 0. The molecule has 4 rings (SSSR count). The van der Waals surface area contributed by atoms with Crippen molar-refractivity contribution in [3.63, 3.8) is 0 Å². The Morgan fingerprint density at radius 3 is 2.46 bits per heavy atom. The van der Waals surface area contributed by atoms with Gasteiger partial charge in [-0.2, -0.15) is 0 Å². The second-order valence-electron chi connectivity index (χ2n) is 6.86. The van der Waals surface area contributed by atoms with Crippen molar-refractivity contribution in [2.24, 2.45) is 0 Å². The number of rotatable bonds is 4. The molecule has 0 aliphatic carbocycles. The molecule has 0 saturated carbocycles. The number of nitrogen functional groups attached to an aromatic ring is 1. The zero-order valence-corrected chi connectivity index (χ0v) is 14.9. The van der Waals surface area contributed by atoms with Gasteiger partial charge >= 0.3 is 0 Å². The molecule has 2 heterocycles. The van der Waals surface area contributed by atoms with Crippen LogP contribution in [0.5, 0.6) is 0 Å². The van der Waals surface area contributed by atoms with E-state index in [2.05, 4.69) is 64.5 Å². The van der Waals surface area contributed by atoms with Crippen molar-refractivity contribution in [1.29, 1.82) is 0 Å². The van der Waals surface area contributed by atoms with Crippen molar-refractivity contribution in [1.82, 2.24) is 14.9 Å². The van der Waals surface area contributed by atoms with Crippen LogP contribution in [0, 0.1) is 0 Å². The normalized spacial score (nSPS) is 17.9. The highest BCUT2D eigenvalue weighted by Crippen LogP contribution is 2.36. The molecule has 1 unspecified atom stereocenters. The third-order valence-corrected chi connectivity index (χ3v) is 5.08. The summed E-state index contributed by atoms with van der Waals surface area (Å²) >= 11 is 0. The van der Waals surface area contributed by atoms with E-state index in [9.17, 15) is 0 Å². The number of likely N-dealkylation sites (tertiary alicyclic amines) is 1. The average Bonchev–Trinajstić information content (AvgIpc) is 2.70. The van der Waals surface area contributed by atoms with Crippen LogP contribution in [0.25, 0.3) is 11.1 Å². The number of hydrogen-bond donors (Lipinski definition) is 1. The first-order valence-electron chi connectivity index (χ1n) is 9.27. The first-order chi connectivity index (χ1) is 12.8. The van der Waals surface area contributed by atoms with Crippen molar-refractivity contribution in [3.8, 4) is 11.1 Å². The topological polar surface area (TPSA) is 55.0 Å². The van der Waals surface area contributed by atoms with E-state index in [4.69, 9.17) is 10.7 Å². The zero-order valence-electron chi connectivity index (χ0n) is 14.9. The predicted molar refractivity (Wildman–Crippen MR) is 105 cm³/mol. The molecule has 2 aromatic carbocycles. The Balaban J connectivity index is 1.71. The van der Waals surface area contributed by atoms with E-state index in [-0.39, 0.29) is 6.04 Å². The average molecular weight is 344 g/mol. The minimum Gasteiger partial charge on any atom is -0.368 e. The summed E-state index contributed by atoms with van der Waals surface area (Å²) in [5.41, 5.74) is 10.6. The van der Waals surface area contributed by atoms with Gasteiger partial charge in [-0.15, -0.1) is 0 Å². The maximum absolute atomic E-state index is 5.97. The molecule has 1 fully saturated rings. The van der Waals surface area contributed by atoms with Crippen LogP contribution in [0.2, 0.25) is 0 Å². The van der Waals surface area contributed by atoms with Crippen LogP contribution in [0.1, 0.15) is 36.6 Å². The van der Waals surface area contributed by atoms with Gasteiger partial charge in [-0.1, -0.05) is 67.1 Å². The molecule has 0 radical (unpaired) electrons. The first kappa shape index (κ1) is 16.7. The van der Waals surface area contributed by atoms with E-state index in [0.717, 1.165) is 36.3 Å². The predicted octanol–water partition coefficient (Wildman–Crippen LogP) is 4.45. The lowest BCUT2D eigenvalue weighted by atomic mass is 9.93. The Morgan fingerprint density at radius 2 is 1.69 bits per heavy atom. The highest BCUT2D eigenvalue weighted by Gasteiger charge is 2.28. The van der Waals surface area contributed by atoms with E-state index in [1.165, 1.54) is 18.4 Å². The second-order valence-corrected chi connectivity index (χ2v) is 6.86. The van der Waals surface area contributed by atoms with Crippen LogP contribution >= 0.6 is 0 Å². The van der Waals surface area contributed by atoms with Gasteiger partial charge in [-0.25, -0.2) is 9.97 Å². The van der Waals surface area contributed by atoms with Gasteiger partial charge in [0.05, 0.1) is 11.7 Å². The molecule has 3 aromatic rings. The minimum atomic E-state index is 0.268. The monoisotopic (exact) mass is 344 g/mol. The number of nitrogens with two attached hydrogens (primary N) is 1. The molecule has 1 aliphatic heterocycles. The minimum absolute atomic E-state index is 0.268. The van der Waals surface area contributed by atoms with E-state index in [1.807, 2.05) is 12.3 Å². The molecular weight excluding hydrogens is 320 g/mol. The molecule has 0 bridgehead atoms. The fourth-order valence-electron chi connectivity index (χ4n) is 3.81. The fraction of sp³-hybridized carbons (Fsp3) is 0.273. The Labute approximate surface area is 154 Å². The maximum Gasteiger partial charge on any atom is 0.220 e. The Hall–Kier alpha value is -2.72. The van der Waals surface area contributed by atoms with Crippen molar-refractivity contribution >= 4 is 5.95 Å². The first-order valence-corrected chi connectivity index (χ1v) is 9.27. The molecule has 26 heavy (non-hydrogen) atoms. The maximum atomic E-state index is 5.97. The fourth-order valence-corrected chi connectivity index (χ4v) is 3.81. The van der Waals surface area contributed by atoms with E-state index >= 15 is 0 Å². The van der Waals surface area contributed by atoms with Crippen molar-refractivity contribution in [3.05, 3.63) is 78.1 Å². The summed E-state index contributed by atoms with van der Waals surface area (Å²) in [5.74, 6) is 0.352. The molecule has 132 valence electrons. The summed E-state index contributed by atoms with van der Waals surface area (Å²) in [6.45, 7) is 2.02. The van der Waals surface area contributed by atoms with Gasteiger partial charge in [0.1, 0.15) is 0 Å². The molecule has 4 nitrogen and oxygen atoms in total. The number of benzene rings is 2. The zero-order chi connectivity index (χ0) is 17.8. The number of anilines is 1. The van der Waals surface area contributed by atoms with Crippen LogP contribution in [0.3, 0.4) is 0 Å². The van der Waals surface area contributed by atoms with Gasteiger partial charge in [0.15, 0.2) is 0 Å². The van der Waals surface area contributed by atoms with Crippen molar-refractivity contribution in [2.75, 3.05) is 12.3 Å². The van der Waals surface area contributed by atoms with Crippen molar-refractivity contribution in [2.45, 2.75) is 31.8 Å². The van der Waals surface area contributed by atoms with Gasteiger partial charge in [0.2, 0.25) is 5.95 Å². The molecule has 0 amide bonds. The van der Waals surface area contributed by atoms with Crippen LogP contribution < -0.4 is 5.73 Å². The molecule has 1 saturated heterocycles. The Kier molecular flexibility index (Phi) is 4.93. The molecule has 1 aromatic heterocycles. The van der Waals surface area contributed by atoms with Gasteiger partial charge in [-0.05, 0) is 30.5 Å². The summed E-state index contributed by atoms with van der Waals surface area (Å²) in [6, 6.07) is 21.3. The number of nitrogens with zero attached hydrogens (tertiary/aromatic N) is 3. The van der Waals surface area contributed by atoms with Gasteiger partial charge in [0, 0.05) is 18.3 Å². The largest absolute Gasteiger partial charge is 0.368 e. The number of aromatic nitrogens is 2. The van der Waals surface area contributed by atoms with Gasteiger partial charge < -0.3 is 5.73 Å². The molecule has 2 N–H and O–H groups in total. The lowest BCUT2D eigenvalue weighted by Gasteiger charge is -2.36. The van der Waals surface area contributed by atoms with Gasteiger partial charge in [-0.3, -0.25) is 4.90 Å². The quantitative estimate of drug-likeness (QED) is 0.759. The number of piperidine rings is 1. The van der Waals surface area contributed by atoms with Gasteiger partial charge in [0.25, 0.3) is 0 Å². The summed E-state index contributed by atoms with van der Waals surface area (Å²) < 4.78 is 0. The third-order valence-electron chi connectivity index (χ3n) is 5.08. The Morgan fingerprint density at radius 1 is 0.962 bits per heavy atom. The summed E-state index contributed by atoms with van der Waals surface area (Å²) in [6.07, 6.45) is 5.42. The van der Waals surface area contributed by atoms with Crippen LogP contribution in [0.15, 0.2) is 66.9 Å². The highest BCUT2D eigenvalue weighted by molar-refractivity contribution is 5.66. The lowest BCUT2D eigenvalue weighted by molar-refractivity contribution is 0.137. The lowest BCUT2D eigenvalue weighted by Crippen LogP contribution is -2.34. The van der Waals surface area contributed by atoms with Crippen LogP contribution in [0.4, 0.5) is 5.95 Å². The van der Waals surface area contributed by atoms with E-state index < -0.39 is 0 Å². The molecule has 0 spiro atoms. The summed E-state index contributed by atoms with van der Waals surface area (Å²) in [4.78, 5) is 11.5. The molecule has 1 atom stereocenters. The molecule has 4 heteroatoms. The molecule has 1 aliphatic rings. The number of hydrogen-bond acceptors (Lipinski definition) is 4.